The highest BCUT2D eigenvalue weighted by atomic mass is 16.5. The number of hydrogen-bond acceptors (Lipinski definition) is 3. The molecule has 0 aromatic rings. The summed E-state index contributed by atoms with van der Waals surface area (Å²) in [5, 5.41) is 0. The predicted molar refractivity (Wildman–Crippen MR) is 90.3 cm³/mol. The Kier molecular flexibility index (Phi) is 15.4. The van der Waals surface area contributed by atoms with Crippen LogP contribution in [0.15, 0.2) is 0 Å². The first-order valence-corrected chi connectivity index (χ1v) is 9.14. The zero-order chi connectivity index (χ0) is 15.8. The van der Waals surface area contributed by atoms with Gasteiger partial charge in [0.1, 0.15) is 6.04 Å². The molecule has 0 aromatic carbocycles. The minimum absolute atomic E-state index is 0.249. The molecule has 0 aromatic heterocycles. The van der Waals surface area contributed by atoms with E-state index in [0.29, 0.717) is 13.0 Å². The van der Waals surface area contributed by atoms with Crippen molar-refractivity contribution < 1.29 is 9.53 Å². The normalized spacial score (nSPS) is 12.3. The Bertz CT molecular complexity index is 231. The van der Waals surface area contributed by atoms with Crippen LogP contribution in [0.4, 0.5) is 0 Å². The molecular weight excluding hydrogens is 262 g/mol. The predicted octanol–water partition coefficient (Wildman–Crippen LogP) is 4.97. The minimum atomic E-state index is -0.442. The van der Waals surface area contributed by atoms with E-state index in [-0.39, 0.29) is 5.97 Å². The summed E-state index contributed by atoms with van der Waals surface area (Å²) in [6.45, 7) is 4.69. The van der Waals surface area contributed by atoms with Gasteiger partial charge in [-0.1, -0.05) is 84.5 Å². The topological polar surface area (TPSA) is 52.3 Å². The lowest BCUT2D eigenvalue weighted by molar-refractivity contribution is -0.145. The maximum atomic E-state index is 11.3. The van der Waals surface area contributed by atoms with E-state index in [2.05, 4.69) is 6.92 Å². The fourth-order valence-corrected chi connectivity index (χ4v) is 2.39. The van der Waals surface area contributed by atoms with Crippen molar-refractivity contribution in [1.82, 2.24) is 0 Å². The van der Waals surface area contributed by atoms with Crippen molar-refractivity contribution >= 4 is 5.97 Å². The van der Waals surface area contributed by atoms with Crippen LogP contribution in [0.1, 0.15) is 97.3 Å². The third-order valence-electron chi connectivity index (χ3n) is 3.98. The summed E-state index contributed by atoms with van der Waals surface area (Å²) in [6, 6.07) is -0.442. The van der Waals surface area contributed by atoms with Gasteiger partial charge in [-0.05, 0) is 12.8 Å². The van der Waals surface area contributed by atoms with E-state index in [1.54, 1.807) is 0 Å². The number of carbonyl (C=O) groups excluding carboxylic acids is 1. The summed E-state index contributed by atoms with van der Waals surface area (Å²) in [7, 11) is 0. The number of hydrogen-bond donors (Lipinski definition) is 1. The lowest BCUT2D eigenvalue weighted by Crippen LogP contribution is -2.31. The Labute approximate surface area is 132 Å². The third-order valence-corrected chi connectivity index (χ3v) is 3.98. The highest BCUT2D eigenvalue weighted by Gasteiger charge is 2.11. The molecule has 0 aliphatic carbocycles. The lowest BCUT2D eigenvalue weighted by Gasteiger charge is -2.09. The van der Waals surface area contributed by atoms with Crippen molar-refractivity contribution in [2.24, 2.45) is 5.73 Å². The molecule has 0 bridgehead atoms. The second-order valence-corrected chi connectivity index (χ2v) is 6.07. The van der Waals surface area contributed by atoms with E-state index in [4.69, 9.17) is 10.5 Å². The molecular formula is C18H37NO2. The van der Waals surface area contributed by atoms with Crippen molar-refractivity contribution in [3.05, 3.63) is 0 Å². The highest BCUT2D eigenvalue weighted by Crippen LogP contribution is 2.11. The van der Waals surface area contributed by atoms with Gasteiger partial charge in [-0.25, -0.2) is 0 Å². The van der Waals surface area contributed by atoms with Gasteiger partial charge >= 0.3 is 5.97 Å². The van der Waals surface area contributed by atoms with Crippen LogP contribution in [0.25, 0.3) is 0 Å². The summed E-state index contributed by atoms with van der Waals surface area (Å²) in [5.41, 5.74) is 5.59. The van der Waals surface area contributed by atoms with Gasteiger partial charge in [-0.3, -0.25) is 4.79 Å². The molecule has 0 rings (SSSR count). The van der Waals surface area contributed by atoms with Gasteiger partial charge in [0, 0.05) is 0 Å². The fourth-order valence-electron chi connectivity index (χ4n) is 2.39. The van der Waals surface area contributed by atoms with Crippen LogP contribution in [-0.2, 0) is 9.53 Å². The summed E-state index contributed by atoms with van der Waals surface area (Å²) in [6.07, 6.45) is 16.5. The van der Waals surface area contributed by atoms with Crippen LogP contribution in [0, 0.1) is 0 Å². The zero-order valence-electron chi connectivity index (χ0n) is 14.4. The van der Waals surface area contributed by atoms with Gasteiger partial charge in [0.25, 0.3) is 0 Å². The average Bonchev–Trinajstić information content (AvgIpc) is 2.50. The number of carbonyl (C=O) groups is 1. The molecule has 2 N–H and O–H groups in total. The average molecular weight is 299 g/mol. The minimum Gasteiger partial charge on any atom is -0.465 e. The van der Waals surface area contributed by atoms with Gasteiger partial charge in [0.15, 0.2) is 0 Å². The lowest BCUT2D eigenvalue weighted by atomic mass is 10.1. The zero-order valence-corrected chi connectivity index (χ0v) is 14.4. The van der Waals surface area contributed by atoms with Crippen LogP contribution in [0.2, 0.25) is 0 Å². The molecule has 0 aliphatic heterocycles. The number of nitrogens with two attached hydrogens (primary N) is 1. The van der Waals surface area contributed by atoms with Crippen molar-refractivity contribution in [2.75, 3.05) is 6.61 Å². The Balaban J connectivity index is 3.11. The van der Waals surface area contributed by atoms with Gasteiger partial charge in [-0.15, -0.1) is 0 Å². The van der Waals surface area contributed by atoms with Crippen molar-refractivity contribution in [3.63, 3.8) is 0 Å². The largest absolute Gasteiger partial charge is 0.465 e. The van der Waals surface area contributed by atoms with E-state index in [1.165, 1.54) is 64.2 Å². The van der Waals surface area contributed by atoms with Crippen LogP contribution in [0.3, 0.4) is 0 Å². The third kappa shape index (κ3) is 14.1. The summed E-state index contributed by atoms with van der Waals surface area (Å²) < 4.78 is 5.12. The molecule has 3 heteroatoms. The molecule has 0 radical (unpaired) electrons. The summed E-state index contributed by atoms with van der Waals surface area (Å²) in [5.74, 6) is -0.249. The Morgan fingerprint density at radius 1 is 0.810 bits per heavy atom. The molecule has 0 saturated heterocycles. The first-order valence-electron chi connectivity index (χ1n) is 9.14. The second kappa shape index (κ2) is 15.8. The monoisotopic (exact) mass is 299 g/mol. The summed E-state index contributed by atoms with van der Waals surface area (Å²) >= 11 is 0. The van der Waals surface area contributed by atoms with Crippen molar-refractivity contribution in [1.29, 1.82) is 0 Å². The van der Waals surface area contributed by atoms with Gasteiger partial charge in [0.2, 0.25) is 0 Å². The molecule has 0 aliphatic rings. The molecule has 0 fully saturated rings. The number of esters is 1. The van der Waals surface area contributed by atoms with E-state index in [1.807, 2.05) is 6.92 Å². The molecule has 21 heavy (non-hydrogen) atoms. The summed E-state index contributed by atoms with van der Waals surface area (Å²) in [4.78, 5) is 11.3. The van der Waals surface area contributed by atoms with Crippen LogP contribution >= 0.6 is 0 Å². The molecule has 0 heterocycles. The van der Waals surface area contributed by atoms with Gasteiger partial charge < -0.3 is 10.5 Å². The van der Waals surface area contributed by atoms with E-state index < -0.39 is 6.04 Å². The van der Waals surface area contributed by atoms with Crippen molar-refractivity contribution in [3.8, 4) is 0 Å². The number of ether oxygens (including phenoxy) is 1. The molecule has 1 atom stereocenters. The van der Waals surface area contributed by atoms with E-state index in [0.717, 1.165) is 12.8 Å². The van der Waals surface area contributed by atoms with Crippen LogP contribution in [-0.4, -0.2) is 18.6 Å². The van der Waals surface area contributed by atoms with Gasteiger partial charge in [0.05, 0.1) is 6.61 Å². The Hall–Kier alpha value is -0.570. The Morgan fingerprint density at radius 2 is 1.24 bits per heavy atom. The highest BCUT2D eigenvalue weighted by molar-refractivity contribution is 5.75. The molecule has 3 nitrogen and oxygen atoms in total. The van der Waals surface area contributed by atoms with E-state index >= 15 is 0 Å². The maximum Gasteiger partial charge on any atom is 0.322 e. The molecule has 0 amide bonds. The smallest absolute Gasteiger partial charge is 0.322 e. The SMILES string of the molecule is CCCCCCCCCCCCCCOC(=O)C(N)CC. The first kappa shape index (κ1) is 20.4. The number of rotatable bonds is 15. The van der Waals surface area contributed by atoms with Crippen LogP contribution < -0.4 is 5.73 Å². The molecule has 0 spiro atoms. The standard InChI is InChI=1S/C18H37NO2/c1-3-5-6-7-8-9-10-11-12-13-14-15-16-21-18(20)17(19)4-2/h17H,3-16,19H2,1-2H3. The Morgan fingerprint density at radius 3 is 1.67 bits per heavy atom. The van der Waals surface area contributed by atoms with Crippen LogP contribution in [0.5, 0.6) is 0 Å². The fraction of sp³-hybridized carbons (Fsp3) is 0.944. The molecule has 0 saturated carbocycles. The van der Waals surface area contributed by atoms with Gasteiger partial charge in [-0.2, -0.15) is 0 Å². The van der Waals surface area contributed by atoms with E-state index in [9.17, 15) is 4.79 Å². The first-order chi connectivity index (χ1) is 10.2. The quantitative estimate of drug-likeness (QED) is 0.343. The molecule has 1 unspecified atom stereocenters. The number of unbranched alkanes of at least 4 members (excludes halogenated alkanes) is 11. The molecule has 126 valence electrons. The van der Waals surface area contributed by atoms with Crippen molar-refractivity contribution in [2.45, 2.75) is 103 Å². The second-order valence-electron chi connectivity index (χ2n) is 6.07. The maximum absolute atomic E-state index is 11.3.